The largest absolute Gasteiger partial charge is 0.496 e. The van der Waals surface area contributed by atoms with Gasteiger partial charge in [0.1, 0.15) is 5.75 Å². The number of ether oxygens (including phenoxy) is 1. The predicted molar refractivity (Wildman–Crippen MR) is 77.3 cm³/mol. The molecule has 0 aliphatic heterocycles. The van der Waals surface area contributed by atoms with Gasteiger partial charge in [-0.15, -0.1) is 0 Å². The van der Waals surface area contributed by atoms with Gasteiger partial charge in [0.15, 0.2) is 0 Å². The van der Waals surface area contributed by atoms with Crippen LogP contribution in [0.3, 0.4) is 0 Å². The van der Waals surface area contributed by atoms with E-state index in [2.05, 4.69) is 10.6 Å². The Kier molecular flexibility index (Phi) is 5.36. The van der Waals surface area contributed by atoms with Crippen molar-refractivity contribution in [2.75, 3.05) is 13.7 Å². The number of benzene rings is 1. The van der Waals surface area contributed by atoms with Gasteiger partial charge in [0.2, 0.25) is 5.91 Å². The molecule has 0 spiro atoms. The first kappa shape index (κ1) is 15.5. The van der Waals surface area contributed by atoms with E-state index in [1.54, 1.807) is 7.11 Å². The van der Waals surface area contributed by atoms with Gasteiger partial charge in [-0.1, -0.05) is 25.1 Å². The number of hydrogen-bond acceptors (Lipinski definition) is 3. The number of hydrogen-bond donors (Lipinski definition) is 2. The molecule has 1 aromatic carbocycles. The highest BCUT2D eigenvalue weighted by atomic mass is 16.5. The summed E-state index contributed by atoms with van der Waals surface area (Å²) in [5, 5.41) is 6.18. The number of amides is 1. The van der Waals surface area contributed by atoms with Gasteiger partial charge in [-0.2, -0.15) is 0 Å². The molecule has 0 heterocycles. The van der Waals surface area contributed by atoms with E-state index in [0.29, 0.717) is 0 Å². The van der Waals surface area contributed by atoms with Crippen LogP contribution in [0.4, 0.5) is 0 Å². The van der Waals surface area contributed by atoms with Crippen LogP contribution in [0.5, 0.6) is 5.75 Å². The Balaban J connectivity index is 2.79. The van der Waals surface area contributed by atoms with Crippen molar-refractivity contribution in [3.05, 3.63) is 29.8 Å². The third-order valence-corrected chi connectivity index (χ3v) is 3.14. The Hall–Kier alpha value is -1.55. The number of para-hydroxylation sites is 1. The molecule has 0 saturated heterocycles. The zero-order chi connectivity index (χ0) is 14.5. The molecular formula is C15H24N2O2. The summed E-state index contributed by atoms with van der Waals surface area (Å²) in [5.41, 5.74) is 0.399. The van der Waals surface area contributed by atoms with E-state index in [1.807, 2.05) is 52.0 Å². The highest BCUT2D eigenvalue weighted by Gasteiger charge is 2.27. The van der Waals surface area contributed by atoms with E-state index in [4.69, 9.17) is 4.74 Å². The number of rotatable bonds is 6. The van der Waals surface area contributed by atoms with Crippen LogP contribution < -0.4 is 15.4 Å². The zero-order valence-electron chi connectivity index (χ0n) is 12.4. The average molecular weight is 264 g/mol. The predicted octanol–water partition coefficient (Wildman–Crippen LogP) is 2.26. The molecule has 1 amide bonds. The minimum Gasteiger partial charge on any atom is -0.496 e. The van der Waals surface area contributed by atoms with Crippen molar-refractivity contribution in [3.63, 3.8) is 0 Å². The third kappa shape index (κ3) is 3.96. The summed E-state index contributed by atoms with van der Waals surface area (Å²) < 4.78 is 5.31. The van der Waals surface area contributed by atoms with Crippen LogP contribution in [0.25, 0.3) is 0 Å². The summed E-state index contributed by atoms with van der Waals surface area (Å²) in [6, 6.07) is 7.62. The highest BCUT2D eigenvalue weighted by Crippen LogP contribution is 2.24. The molecule has 0 aromatic heterocycles. The maximum atomic E-state index is 12.2. The topological polar surface area (TPSA) is 50.4 Å². The van der Waals surface area contributed by atoms with Crippen molar-refractivity contribution in [1.29, 1.82) is 0 Å². The molecule has 0 radical (unpaired) electrons. The standard InChI is InChI=1S/C15H24N2O2/c1-6-16-15(3,4)14(18)17-11(2)12-9-7-8-10-13(12)19-5/h7-11,16H,6H2,1-5H3,(H,17,18). The summed E-state index contributed by atoms with van der Waals surface area (Å²) in [6.45, 7) is 8.45. The summed E-state index contributed by atoms with van der Waals surface area (Å²) in [4.78, 5) is 12.2. The van der Waals surface area contributed by atoms with E-state index in [-0.39, 0.29) is 11.9 Å². The lowest BCUT2D eigenvalue weighted by Crippen LogP contribution is -2.52. The molecule has 0 bridgehead atoms. The van der Waals surface area contributed by atoms with E-state index in [1.165, 1.54) is 0 Å². The first-order chi connectivity index (χ1) is 8.92. The number of nitrogens with one attached hydrogen (secondary N) is 2. The minimum atomic E-state index is -0.578. The smallest absolute Gasteiger partial charge is 0.240 e. The Morgan fingerprint density at radius 2 is 2.00 bits per heavy atom. The van der Waals surface area contributed by atoms with Crippen LogP contribution in [0.15, 0.2) is 24.3 Å². The fourth-order valence-electron chi connectivity index (χ4n) is 2.00. The maximum absolute atomic E-state index is 12.2. The Labute approximate surface area is 115 Å². The molecule has 4 nitrogen and oxygen atoms in total. The summed E-state index contributed by atoms with van der Waals surface area (Å²) in [7, 11) is 1.63. The second-order valence-electron chi connectivity index (χ2n) is 5.09. The van der Waals surface area contributed by atoms with Gasteiger partial charge in [-0.3, -0.25) is 4.79 Å². The van der Waals surface area contributed by atoms with E-state index < -0.39 is 5.54 Å². The zero-order valence-corrected chi connectivity index (χ0v) is 12.4. The molecule has 4 heteroatoms. The fourth-order valence-corrected chi connectivity index (χ4v) is 2.00. The van der Waals surface area contributed by atoms with Crippen molar-refractivity contribution >= 4 is 5.91 Å². The molecule has 106 valence electrons. The summed E-state index contributed by atoms with van der Waals surface area (Å²) in [6.07, 6.45) is 0. The number of carbonyl (C=O) groups excluding carboxylic acids is 1. The highest BCUT2D eigenvalue weighted by molar-refractivity contribution is 5.85. The molecule has 19 heavy (non-hydrogen) atoms. The molecule has 1 atom stereocenters. The van der Waals surface area contributed by atoms with Crippen LogP contribution in [0, 0.1) is 0 Å². The monoisotopic (exact) mass is 264 g/mol. The van der Waals surface area contributed by atoms with Crippen LogP contribution >= 0.6 is 0 Å². The molecule has 0 aliphatic carbocycles. The Morgan fingerprint density at radius 1 is 1.37 bits per heavy atom. The molecule has 0 fully saturated rings. The first-order valence-electron chi connectivity index (χ1n) is 6.61. The first-order valence-corrected chi connectivity index (χ1v) is 6.61. The number of likely N-dealkylation sites (N-methyl/N-ethyl adjacent to an activating group) is 1. The second-order valence-corrected chi connectivity index (χ2v) is 5.09. The van der Waals surface area contributed by atoms with Gasteiger partial charge in [0.05, 0.1) is 18.7 Å². The van der Waals surface area contributed by atoms with Gasteiger partial charge in [0, 0.05) is 5.56 Å². The molecule has 0 aliphatic rings. The van der Waals surface area contributed by atoms with Crippen LogP contribution in [0.1, 0.15) is 39.3 Å². The van der Waals surface area contributed by atoms with Gasteiger partial charge in [-0.25, -0.2) is 0 Å². The molecule has 1 unspecified atom stereocenters. The van der Waals surface area contributed by atoms with Gasteiger partial charge in [0.25, 0.3) is 0 Å². The molecule has 1 aromatic rings. The molecular weight excluding hydrogens is 240 g/mol. The average Bonchev–Trinajstić information content (AvgIpc) is 2.38. The lowest BCUT2D eigenvalue weighted by atomic mass is 10.0. The van der Waals surface area contributed by atoms with Crippen LogP contribution in [-0.2, 0) is 4.79 Å². The summed E-state index contributed by atoms with van der Waals surface area (Å²) in [5.74, 6) is 0.768. The Morgan fingerprint density at radius 3 is 2.58 bits per heavy atom. The minimum absolute atomic E-state index is 0.0206. The van der Waals surface area contributed by atoms with Crippen molar-refractivity contribution in [1.82, 2.24) is 10.6 Å². The van der Waals surface area contributed by atoms with Crippen LogP contribution in [-0.4, -0.2) is 25.1 Å². The lowest BCUT2D eigenvalue weighted by Gasteiger charge is -2.27. The molecule has 0 saturated carbocycles. The van der Waals surface area contributed by atoms with Gasteiger partial charge in [-0.05, 0) is 33.4 Å². The third-order valence-electron chi connectivity index (χ3n) is 3.14. The summed E-state index contributed by atoms with van der Waals surface area (Å²) >= 11 is 0. The van der Waals surface area contributed by atoms with Crippen molar-refractivity contribution in [3.8, 4) is 5.75 Å². The molecule has 1 rings (SSSR count). The Bertz CT molecular complexity index is 430. The SMILES string of the molecule is CCNC(C)(C)C(=O)NC(C)c1ccccc1OC. The second kappa shape index (κ2) is 6.57. The van der Waals surface area contributed by atoms with Crippen LogP contribution in [0.2, 0.25) is 0 Å². The quantitative estimate of drug-likeness (QED) is 0.828. The van der Waals surface area contributed by atoms with Gasteiger partial charge >= 0.3 is 0 Å². The van der Waals surface area contributed by atoms with Crippen molar-refractivity contribution in [2.24, 2.45) is 0 Å². The van der Waals surface area contributed by atoms with Crippen molar-refractivity contribution in [2.45, 2.75) is 39.3 Å². The van der Waals surface area contributed by atoms with E-state index >= 15 is 0 Å². The lowest BCUT2D eigenvalue weighted by molar-refractivity contribution is -0.127. The maximum Gasteiger partial charge on any atom is 0.240 e. The fraction of sp³-hybridized carbons (Fsp3) is 0.533. The van der Waals surface area contributed by atoms with E-state index in [0.717, 1.165) is 17.9 Å². The number of carbonyl (C=O) groups is 1. The molecule has 2 N–H and O–H groups in total. The van der Waals surface area contributed by atoms with E-state index in [9.17, 15) is 4.79 Å². The normalized spacial score (nSPS) is 12.9. The number of methoxy groups -OCH3 is 1. The van der Waals surface area contributed by atoms with Crippen molar-refractivity contribution < 1.29 is 9.53 Å². The van der Waals surface area contributed by atoms with Gasteiger partial charge < -0.3 is 15.4 Å².